The molecule has 0 radical (unpaired) electrons. The van der Waals surface area contributed by atoms with E-state index in [1.165, 1.54) is 11.8 Å². The molecule has 2 aliphatic rings. The largest absolute Gasteiger partial charge is 0.331 e. The maximum atomic E-state index is 12.2. The Morgan fingerprint density at radius 1 is 1.18 bits per heavy atom. The first-order chi connectivity index (χ1) is 8.11. The smallest absolute Gasteiger partial charge is 0.251 e. The molecule has 17 heavy (non-hydrogen) atoms. The maximum Gasteiger partial charge on any atom is 0.251 e. The van der Waals surface area contributed by atoms with Crippen molar-refractivity contribution < 1.29 is 14.4 Å². The molecule has 0 aromatic carbocycles. The van der Waals surface area contributed by atoms with Gasteiger partial charge in [-0.1, -0.05) is 0 Å². The van der Waals surface area contributed by atoms with Gasteiger partial charge < -0.3 is 4.90 Å². The second-order valence-electron chi connectivity index (χ2n) is 4.71. The quantitative estimate of drug-likeness (QED) is 0.626. The standard InChI is InChI=1S/C12H18N2O3/c1-9(15)13-8-4-5-10(13)12(17)14-7-3-2-6-11(14)16/h10H,2-8H2,1H3. The van der Waals surface area contributed by atoms with E-state index in [-0.39, 0.29) is 17.7 Å². The Hall–Kier alpha value is -1.39. The van der Waals surface area contributed by atoms with Gasteiger partial charge in [0.25, 0.3) is 5.91 Å². The molecular formula is C12H18N2O3. The van der Waals surface area contributed by atoms with Crippen molar-refractivity contribution in [2.24, 2.45) is 0 Å². The van der Waals surface area contributed by atoms with Crippen LogP contribution in [0.25, 0.3) is 0 Å². The van der Waals surface area contributed by atoms with Crippen LogP contribution in [0.3, 0.4) is 0 Å². The van der Waals surface area contributed by atoms with Crippen molar-refractivity contribution in [3.05, 3.63) is 0 Å². The van der Waals surface area contributed by atoms with E-state index >= 15 is 0 Å². The lowest BCUT2D eigenvalue weighted by Crippen LogP contribution is -2.50. The molecule has 1 atom stereocenters. The fourth-order valence-corrected chi connectivity index (χ4v) is 2.62. The number of imide groups is 1. The molecule has 94 valence electrons. The first-order valence-electron chi connectivity index (χ1n) is 6.22. The number of hydrogen-bond acceptors (Lipinski definition) is 3. The van der Waals surface area contributed by atoms with Crippen LogP contribution in [0.2, 0.25) is 0 Å². The summed E-state index contributed by atoms with van der Waals surface area (Å²) in [6, 6.07) is -0.408. The SMILES string of the molecule is CC(=O)N1CCCC1C(=O)N1CCCCC1=O. The number of likely N-dealkylation sites (tertiary alicyclic amines) is 2. The zero-order chi connectivity index (χ0) is 12.4. The number of rotatable bonds is 1. The van der Waals surface area contributed by atoms with Crippen molar-refractivity contribution in [1.82, 2.24) is 9.80 Å². The van der Waals surface area contributed by atoms with Gasteiger partial charge in [0.15, 0.2) is 0 Å². The molecule has 0 aromatic heterocycles. The van der Waals surface area contributed by atoms with E-state index in [4.69, 9.17) is 0 Å². The maximum absolute atomic E-state index is 12.2. The molecule has 0 aliphatic carbocycles. The van der Waals surface area contributed by atoms with E-state index < -0.39 is 6.04 Å². The summed E-state index contributed by atoms with van der Waals surface area (Å²) in [6.45, 7) is 2.62. The molecule has 0 bridgehead atoms. The lowest BCUT2D eigenvalue weighted by molar-refractivity contribution is -0.152. The average Bonchev–Trinajstić information content (AvgIpc) is 2.77. The Labute approximate surface area is 101 Å². The summed E-state index contributed by atoms with van der Waals surface area (Å²) in [6.07, 6.45) is 3.73. The number of nitrogens with zero attached hydrogens (tertiary/aromatic N) is 2. The van der Waals surface area contributed by atoms with Gasteiger partial charge in [-0.15, -0.1) is 0 Å². The van der Waals surface area contributed by atoms with Gasteiger partial charge in [-0.3, -0.25) is 19.3 Å². The van der Waals surface area contributed by atoms with Crippen molar-refractivity contribution in [3.63, 3.8) is 0 Å². The fraction of sp³-hybridized carbons (Fsp3) is 0.750. The van der Waals surface area contributed by atoms with Crippen molar-refractivity contribution >= 4 is 17.7 Å². The Bertz CT molecular complexity index is 354. The van der Waals surface area contributed by atoms with Crippen LogP contribution in [0.15, 0.2) is 0 Å². The number of piperidine rings is 1. The summed E-state index contributed by atoms with van der Waals surface area (Å²) in [5, 5.41) is 0. The second-order valence-corrected chi connectivity index (χ2v) is 4.71. The van der Waals surface area contributed by atoms with Gasteiger partial charge in [0, 0.05) is 26.4 Å². The minimum absolute atomic E-state index is 0.0784. The Morgan fingerprint density at radius 3 is 2.59 bits per heavy atom. The van der Waals surface area contributed by atoms with Gasteiger partial charge in [0.05, 0.1) is 0 Å². The molecule has 2 heterocycles. The highest BCUT2D eigenvalue weighted by Crippen LogP contribution is 2.21. The molecule has 1 unspecified atom stereocenters. The van der Waals surface area contributed by atoms with E-state index in [0.29, 0.717) is 25.9 Å². The topological polar surface area (TPSA) is 57.7 Å². The molecule has 5 heteroatoms. The van der Waals surface area contributed by atoms with Gasteiger partial charge in [0.2, 0.25) is 11.8 Å². The van der Waals surface area contributed by atoms with Gasteiger partial charge in [0.1, 0.15) is 6.04 Å². The van der Waals surface area contributed by atoms with Gasteiger partial charge in [-0.2, -0.15) is 0 Å². The lowest BCUT2D eigenvalue weighted by atomic mass is 10.1. The molecule has 0 spiro atoms. The third-order valence-electron chi connectivity index (χ3n) is 3.53. The summed E-state index contributed by atoms with van der Waals surface area (Å²) in [5.74, 6) is -0.343. The molecule has 2 aliphatic heterocycles. The predicted octanol–water partition coefficient (Wildman–Crippen LogP) is 0.536. The Kier molecular flexibility index (Phi) is 3.45. The summed E-state index contributed by atoms with van der Waals surface area (Å²) in [5.41, 5.74) is 0. The predicted molar refractivity (Wildman–Crippen MR) is 61.0 cm³/mol. The minimum atomic E-state index is -0.408. The minimum Gasteiger partial charge on any atom is -0.331 e. The van der Waals surface area contributed by atoms with Crippen molar-refractivity contribution in [2.45, 2.75) is 45.1 Å². The number of carbonyl (C=O) groups excluding carboxylic acids is 3. The molecule has 2 saturated heterocycles. The highest BCUT2D eigenvalue weighted by atomic mass is 16.2. The molecule has 2 fully saturated rings. The molecule has 0 saturated carbocycles. The monoisotopic (exact) mass is 238 g/mol. The van der Waals surface area contributed by atoms with Crippen LogP contribution < -0.4 is 0 Å². The third-order valence-corrected chi connectivity index (χ3v) is 3.53. The van der Waals surface area contributed by atoms with Crippen LogP contribution in [-0.4, -0.2) is 46.7 Å². The van der Waals surface area contributed by atoms with Crippen LogP contribution in [0.5, 0.6) is 0 Å². The van der Waals surface area contributed by atoms with Crippen molar-refractivity contribution in [3.8, 4) is 0 Å². The second kappa shape index (κ2) is 4.85. The third kappa shape index (κ3) is 2.33. The molecule has 0 N–H and O–H groups in total. The molecular weight excluding hydrogens is 220 g/mol. The molecule has 2 rings (SSSR count). The summed E-state index contributed by atoms with van der Waals surface area (Å²) in [4.78, 5) is 38.2. The van der Waals surface area contributed by atoms with Crippen LogP contribution in [-0.2, 0) is 14.4 Å². The fourth-order valence-electron chi connectivity index (χ4n) is 2.62. The zero-order valence-corrected chi connectivity index (χ0v) is 10.1. The molecule has 3 amide bonds. The lowest BCUT2D eigenvalue weighted by Gasteiger charge is -2.30. The Morgan fingerprint density at radius 2 is 1.94 bits per heavy atom. The van der Waals surface area contributed by atoms with E-state index in [1.807, 2.05) is 0 Å². The van der Waals surface area contributed by atoms with E-state index in [9.17, 15) is 14.4 Å². The summed E-state index contributed by atoms with van der Waals surface area (Å²) >= 11 is 0. The zero-order valence-electron chi connectivity index (χ0n) is 10.1. The van der Waals surface area contributed by atoms with Crippen molar-refractivity contribution in [1.29, 1.82) is 0 Å². The van der Waals surface area contributed by atoms with E-state index in [1.54, 1.807) is 4.90 Å². The number of amides is 3. The highest BCUT2D eigenvalue weighted by molar-refractivity contribution is 5.99. The summed E-state index contributed by atoms with van der Waals surface area (Å²) < 4.78 is 0. The van der Waals surface area contributed by atoms with Crippen LogP contribution in [0.1, 0.15) is 39.0 Å². The molecule has 5 nitrogen and oxygen atoms in total. The first-order valence-corrected chi connectivity index (χ1v) is 6.22. The number of hydrogen-bond donors (Lipinski definition) is 0. The van der Waals surface area contributed by atoms with E-state index in [2.05, 4.69) is 0 Å². The van der Waals surface area contributed by atoms with Crippen LogP contribution in [0, 0.1) is 0 Å². The normalized spacial score (nSPS) is 25.2. The number of carbonyl (C=O) groups is 3. The van der Waals surface area contributed by atoms with E-state index in [0.717, 1.165) is 19.3 Å². The van der Waals surface area contributed by atoms with Crippen molar-refractivity contribution in [2.75, 3.05) is 13.1 Å². The van der Waals surface area contributed by atoms with Gasteiger partial charge >= 0.3 is 0 Å². The summed E-state index contributed by atoms with van der Waals surface area (Å²) in [7, 11) is 0. The van der Waals surface area contributed by atoms with Gasteiger partial charge in [-0.05, 0) is 25.7 Å². The average molecular weight is 238 g/mol. The Balaban J connectivity index is 2.08. The molecule has 0 aromatic rings. The first kappa shape index (κ1) is 12.1. The van der Waals surface area contributed by atoms with Crippen LogP contribution in [0.4, 0.5) is 0 Å². The van der Waals surface area contributed by atoms with Crippen LogP contribution >= 0.6 is 0 Å². The highest BCUT2D eigenvalue weighted by Gasteiger charge is 2.37. The van der Waals surface area contributed by atoms with Gasteiger partial charge in [-0.25, -0.2) is 0 Å².